The van der Waals surface area contributed by atoms with E-state index in [9.17, 15) is 0 Å². The van der Waals surface area contributed by atoms with Crippen LogP contribution in [0.4, 0.5) is 0 Å². The molecule has 1 aromatic rings. The first kappa shape index (κ1) is 12.6. The SMILES string of the molecule is CCC1CCC(NCCn2ccnc2C)CC1. The number of nitrogens with one attached hydrogen (secondary N) is 1. The Balaban J connectivity index is 1.65. The maximum atomic E-state index is 4.24. The highest BCUT2D eigenvalue weighted by Gasteiger charge is 2.18. The molecular formula is C14H25N3. The lowest BCUT2D eigenvalue weighted by Crippen LogP contribution is -2.35. The molecule has 1 aromatic heterocycles. The lowest BCUT2D eigenvalue weighted by atomic mass is 9.84. The lowest BCUT2D eigenvalue weighted by Gasteiger charge is -2.28. The van der Waals surface area contributed by atoms with Crippen molar-refractivity contribution in [3.05, 3.63) is 18.2 Å². The zero-order chi connectivity index (χ0) is 12.1. The van der Waals surface area contributed by atoms with Gasteiger partial charge in [-0.1, -0.05) is 13.3 Å². The van der Waals surface area contributed by atoms with Crippen molar-refractivity contribution in [3.8, 4) is 0 Å². The highest BCUT2D eigenvalue weighted by Crippen LogP contribution is 2.26. The average molecular weight is 235 g/mol. The zero-order valence-electron chi connectivity index (χ0n) is 11.2. The number of aromatic nitrogens is 2. The Morgan fingerprint density at radius 3 is 2.71 bits per heavy atom. The van der Waals surface area contributed by atoms with Gasteiger partial charge in [0.15, 0.2) is 0 Å². The van der Waals surface area contributed by atoms with E-state index >= 15 is 0 Å². The predicted molar refractivity (Wildman–Crippen MR) is 71.0 cm³/mol. The molecule has 2 rings (SSSR count). The number of aryl methyl sites for hydroxylation is 1. The summed E-state index contributed by atoms with van der Waals surface area (Å²) in [4.78, 5) is 4.24. The van der Waals surface area contributed by atoms with Gasteiger partial charge in [-0.15, -0.1) is 0 Å². The van der Waals surface area contributed by atoms with Crippen molar-refractivity contribution in [2.75, 3.05) is 6.54 Å². The van der Waals surface area contributed by atoms with Gasteiger partial charge in [-0.25, -0.2) is 4.98 Å². The topological polar surface area (TPSA) is 29.9 Å². The van der Waals surface area contributed by atoms with Gasteiger partial charge in [0.2, 0.25) is 0 Å². The summed E-state index contributed by atoms with van der Waals surface area (Å²) in [5, 5.41) is 3.68. The molecule has 0 radical (unpaired) electrons. The Hall–Kier alpha value is -0.830. The third-order valence-corrected chi connectivity index (χ3v) is 4.13. The first-order valence-corrected chi connectivity index (χ1v) is 7.00. The molecule has 96 valence electrons. The molecule has 0 atom stereocenters. The molecule has 1 heterocycles. The minimum Gasteiger partial charge on any atom is -0.334 e. The van der Waals surface area contributed by atoms with E-state index in [1.54, 1.807) is 0 Å². The molecule has 0 bridgehead atoms. The molecule has 1 aliphatic carbocycles. The van der Waals surface area contributed by atoms with Crippen molar-refractivity contribution < 1.29 is 0 Å². The van der Waals surface area contributed by atoms with Gasteiger partial charge in [0.25, 0.3) is 0 Å². The van der Waals surface area contributed by atoms with Crippen LogP contribution in [0, 0.1) is 12.8 Å². The Labute approximate surface area is 105 Å². The number of imidazole rings is 1. The predicted octanol–water partition coefficient (Wildman–Crippen LogP) is 2.75. The van der Waals surface area contributed by atoms with Crippen LogP contribution in [0.25, 0.3) is 0 Å². The molecule has 3 heteroatoms. The third-order valence-electron chi connectivity index (χ3n) is 4.13. The second kappa shape index (κ2) is 6.20. The van der Waals surface area contributed by atoms with Crippen molar-refractivity contribution in [1.29, 1.82) is 0 Å². The van der Waals surface area contributed by atoms with Gasteiger partial charge in [0.1, 0.15) is 5.82 Å². The normalized spacial score (nSPS) is 25.1. The second-order valence-electron chi connectivity index (χ2n) is 5.25. The average Bonchev–Trinajstić information content (AvgIpc) is 2.76. The van der Waals surface area contributed by atoms with Crippen LogP contribution in [0.2, 0.25) is 0 Å². The maximum Gasteiger partial charge on any atom is 0.105 e. The molecule has 0 aliphatic heterocycles. The summed E-state index contributed by atoms with van der Waals surface area (Å²) in [5.74, 6) is 2.10. The Kier molecular flexibility index (Phi) is 4.60. The third kappa shape index (κ3) is 3.56. The van der Waals surface area contributed by atoms with Crippen LogP contribution in [-0.4, -0.2) is 22.1 Å². The quantitative estimate of drug-likeness (QED) is 0.850. The maximum absolute atomic E-state index is 4.24. The molecule has 3 nitrogen and oxygen atoms in total. The van der Waals surface area contributed by atoms with Crippen molar-refractivity contribution in [2.24, 2.45) is 5.92 Å². The number of hydrogen-bond donors (Lipinski definition) is 1. The monoisotopic (exact) mass is 235 g/mol. The van der Waals surface area contributed by atoms with Gasteiger partial charge in [-0.05, 0) is 38.5 Å². The molecule has 0 saturated heterocycles. The van der Waals surface area contributed by atoms with E-state index in [0.717, 1.165) is 30.9 Å². The van der Waals surface area contributed by atoms with Crippen molar-refractivity contribution in [2.45, 2.75) is 58.5 Å². The van der Waals surface area contributed by atoms with Crippen molar-refractivity contribution >= 4 is 0 Å². The van der Waals surface area contributed by atoms with Gasteiger partial charge in [-0.3, -0.25) is 0 Å². The van der Waals surface area contributed by atoms with Gasteiger partial charge >= 0.3 is 0 Å². The second-order valence-corrected chi connectivity index (χ2v) is 5.25. The summed E-state index contributed by atoms with van der Waals surface area (Å²) in [6, 6.07) is 0.752. The van der Waals surface area contributed by atoms with Gasteiger partial charge in [0, 0.05) is 31.5 Å². The van der Waals surface area contributed by atoms with Crippen LogP contribution in [-0.2, 0) is 6.54 Å². The van der Waals surface area contributed by atoms with Crippen LogP contribution in [0.5, 0.6) is 0 Å². The molecule has 0 spiro atoms. The van der Waals surface area contributed by atoms with Gasteiger partial charge < -0.3 is 9.88 Å². The van der Waals surface area contributed by atoms with E-state index in [0.29, 0.717) is 0 Å². The Morgan fingerprint density at radius 1 is 1.35 bits per heavy atom. The summed E-state index contributed by atoms with van der Waals surface area (Å²) < 4.78 is 2.21. The number of nitrogens with zero attached hydrogens (tertiary/aromatic N) is 2. The molecule has 0 unspecified atom stereocenters. The molecule has 1 N–H and O–H groups in total. The summed E-state index contributed by atoms with van der Waals surface area (Å²) in [7, 11) is 0. The molecular weight excluding hydrogens is 210 g/mol. The van der Waals surface area contributed by atoms with E-state index < -0.39 is 0 Å². The van der Waals surface area contributed by atoms with Crippen molar-refractivity contribution in [3.63, 3.8) is 0 Å². The lowest BCUT2D eigenvalue weighted by molar-refractivity contribution is 0.284. The largest absolute Gasteiger partial charge is 0.334 e. The Morgan fingerprint density at radius 2 is 2.12 bits per heavy atom. The molecule has 1 saturated carbocycles. The fourth-order valence-corrected chi connectivity index (χ4v) is 2.80. The molecule has 0 amide bonds. The van der Waals surface area contributed by atoms with E-state index in [2.05, 4.69) is 34.9 Å². The van der Waals surface area contributed by atoms with E-state index in [1.807, 2.05) is 6.20 Å². The van der Waals surface area contributed by atoms with E-state index in [4.69, 9.17) is 0 Å². The Bertz CT molecular complexity index is 324. The summed E-state index contributed by atoms with van der Waals surface area (Å²) in [6.45, 7) is 6.49. The van der Waals surface area contributed by atoms with Crippen LogP contribution >= 0.6 is 0 Å². The van der Waals surface area contributed by atoms with Crippen molar-refractivity contribution in [1.82, 2.24) is 14.9 Å². The van der Waals surface area contributed by atoms with Gasteiger partial charge in [-0.2, -0.15) is 0 Å². The van der Waals surface area contributed by atoms with E-state index in [1.165, 1.54) is 32.1 Å². The molecule has 0 aromatic carbocycles. The summed E-state index contributed by atoms with van der Waals surface area (Å²) >= 11 is 0. The smallest absolute Gasteiger partial charge is 0.105 e. The number of rotatable bonds is 5. The minimum absolute atomic E-state index is 0.752. The van der Waals surface area contributed by atoms with Crippen LogP contribution in [0.3, 0.4) is 0 Å². The van der Waals surface area contributed by atoms with Crippen LogP contribution in [0.1, 0.15) is 44.9 Å². The fraction of sp³-hybridized carbons (Fsp3) is 0.786. The van der Waals surface area contributed by atoms with Crippen LogP contribution in [0.15, 0.2) is 12.4 Å². The summed E-state index contributed by atoms with van der Waals surface area (Å²) in [6.07, 6.45) is 10.9. The standard InChI is InChI=1S/C14H25N3/c1-3-13-4-6-14(7-5-13)16-9-11-17-10-8-15-12(17)2/h8,10,13-14,16H,3-7,9,11H2,1-2H3. The van der Waals surface area contributed by atoms with Gasteiger partial charge in [0.05, 0.1) is 0 Å². The first-order chi connectivity index (χ1) is 8.29. The molecule has 1 fully saturated rings. The highest BCUT2D eigenvalue weighted by molar-refractivity contribution is 4.88. The molecule has 17 heavy (non-hydrogen) atoms. The number of hydrogen-bond acceptors (Lipinski definition) is 2. The summed E-state index contributed by atoms with van der Waals surface area (Å²) in [5.41, 5.74) is 0. The zero-order valence-corrected chi connectivity index (χ0v) is 11.2. The van der Waals surface area contributed by atoms with Crippen LogP contribution < -0.4 is 5.32 Å². The highest BCUT2D eigenvalue weighted by atomic mass is 15.1. The van der Waals surface area contributed by atoms with E-state index in [-0.39, 0.29) is 0 Å². The first-order valence-electron chi connectivity index (χ1n) is 7.00. The minimum atomic E-state index is 0.752. The fourth-order valence-electron chi connectivity index (χ4n) is 2.80. The molecule has 1 aliphatic rings.